The summed E-state index contributed by atoms with van der Waals surface area (Å²) in [5.74, 6) is 0.632. The molecule has 1 aliphatic rings. The quantitative estimate of drug-likeness (QED) is 0.859. The molecule has 110 valence electrons. The molecule has 2 rings (SSSR count). The number of sulfonamides is 1. The summed E-state index contributed by atoms with van der Waals surface area (Å²) in [5, 5.41) is 0. The lowest BCUT2D eigenvalue weighted by atomic mass is 10.2. The van der Waals surface area contributed by atoms with Crippen LogP contribution in [0.15, 0.2) is 24.3 Å². The van der Waals surface area contributed by atoms with Gasteiger partial charge in [-0.1, -0.05) is 6.07 Å². The van der Waals surface area contributed by atoms with Gasteiger partial charge in [0, 0.05) is 12.6 Å². The van der Waals surface area contributed by atoms with Crippen molar-refractivity contribution in [3.8, 4) is 5.75 Å². The molecule has 1 aromatic rings. The molecule has 8 heteroatoms. The van der Waals surface area contributed by atoms with E-state index in [0.29, 0.717) is 11.4 Å². The van der Waals surface area contributed by atoms with Crippen LogP contribution in [0.4, 0.5) is 10.5 Å². The van der Waals surface area contributed by atoms with Gasteiger partial charge < -0.3 is 9.47 Å². The van der Waals surface area contributed by atoms with E-state index in [-0.39, 0.29) is 13.1 Å². The predicted octanol–water partition coefficient (Wildman–Crippen LogP) is 0.570. The fourth-order valence-electron chi connectivity index (χ4n) is 1.86. The van der Waals surface area contributed by atoms with E-state index in [2.05, 4.69) is 4.72 Å². The van der Waals surface area contributed by atoms with Crippen LogP contribution in [0.5, 0.6) is 5.75 Å². The van der Waals surface area contributed by atoms with Gasteiger partial charge in [-0.3, -0.25) is 4.90 Å². The number of cyclic esters (lactones) is 1. The van der Waals surface area contributed by atoms with Gasteiger partial charge in [0.05, 0.1) is 25.6 Å². The van der Waals surface area contributed by atoms with E-state index in [1.165, 1.54) is 4.90 Å². The number of carbonyl (C=O) groups excluding carboxylic acids is 1. The zero-order valence-electron chi connectivity index (χ0n) is 11.2. The molecule has 1 N–H and O–H groups in total. The maximum absolute atomic E-state index is 11.8. The Hall–Kier alpha value is -1.80. The summed E-state index contributed by atoms with van der Waals surface area (Å²) in [6.07, 6.45) is 0.0471. The van der Waals surface area contributed by atoms with E-state index in [9.17, 15) is 13.2 Å². The summed E-state index contributed by atoms with van der Waals surface area (Å²) in [5.41, 5.74) is 0.649. The summed E-state index contributed by atoms with van der Waals surface area (Å²) in [4.78, 5) is 13.2. The number of anilines is 1. The zero-order valence-corrected chi connectivity index (χ0v) is 12.0. The Labute approximate surface area is 117 Å². The van der Waals surface area contributed by atoms with E-state index in [1.807, 2.05) is 0 Å². The zero-order chi connectivity index (χ0) is 14.8. The van der Waals surface area contributed by atoms with Gasteiger partial charge in [0.2, 0.25) is 10.0 Å². The van der Waals surface area contributed by atoms with Crippen LogP contribution in [0.25, 0.3) is 0 Å². The summed E-state index contributed by atoms with van der Waals surface area (Å²) in [6.45, 7) is 0.347. The molecular formula is C12H16N2O5S. The van der Waals surface area contributed by atoms with Gasteiger partial charge in [-0.25, -0.2) is 17.9 Å². The molecular weight excluding hydrogens is 284 g/mol. The molecule has 0 spiro atoms. The molecule has 1 fully saturated rings. The Balaban J connectivity index is 2.05. The largest absolute Gasteiger partial charge is 0.497 e. The predicted molar refractivity (Wildman–Crippen MR) is 73.5 cm³/mol. The first kappa shape index (κ1) is 14.6. The lowest BCUT2D eigenvalue weighted by Gasteiger charge is -2.13. The third-order valence-electron chi connectivity index (χ3n) is 2.81. The van der Waals surface area contributed by atoms with Crippen molar-refractivity contribution in [2.45, 2.75) is 6.10 Å². The highest BCUT2D eigenvalue weighted by Crippen LogP contribution is 2.25. The van der Waals surface area contributed by atoms with Crippen LogP contribution in [0.3, 0.4) is 0 Å². The van der Waals surface area contributed by atoms with Crippen LogP contribution in [-0.4, -0.2) is 47.1 Å². The Bertz CT molecular complexity index is 602. The average molecular weight is 300 g/mol. The Kier molecular flexibility index (Phi) is 4.15. The van der Waals surface area contributed by atoms with Crippen LogP contribution in [0.1, 0.15) is 0 Å². The molecule has 1 aliphatic heterocycles. The maximum Gasteiger partial charge on any atom is 0.414 e. The van der Waals surface area contributed by atoms with Crippen molar-refractivity contribution in [1.82, 2.24) is 4.72 Å². The van der Waals surface area contributed by atoms with Gasteiger partial charge in [-0.2, -0.15) is 0 Å². The third kappa shape index (κ3) is 3.61. The summed E-state index contributed by atoms with van der Waals surface area (Å²) < 4.78 is 34.6. The van der Waals surface area contributed by atoms with E-state index in [1.54, 1.807) is 31.4 Å². The number of hydrogen-bond acceptors (Lipinski definition) is 5. The normalized spacial score (nSPS) is 19.0. The van der Waals surface area contributed by atoms with Crippen LogP contribution in [-0.2, 0) is 14.8 Å². The molecule has 0 radical (unpaired) electrons. The van der Waals surface area contributed by atoms with E-state index < -0.39 is 22.2 Å². The van der Waals surface area contributed by atoms with Crippen molar-refractivity contribution in [1.29, 1.82) is 0 Å². The SMILES string of the molecule is COc1cccc(N2CC(CNS(C)(=O)=O)OC2=O)c1. The van der Waals surface area contributed by atoms with Crippen LogP contribution in [0.2, 0.25) is 0 Å². The van der Waals surface area contributed by atoms with Gasteiger partial charge in [0.15, 0.2) is 0 Å². The molecule has 1 aromatic carbocycles. The molecule has 7 nitrogen and oxygen atoms in total. The number of nitrogens with one attached hydrogen (secondary N) is 1. The lowest BCUT2D eigenvalue weighted by Crippen LogP contribution is -2.33. The minimum atomic E-state index is -3.30. The second kappa shape index (κ2) is 5.68. The summed E-state index contributed by atoms with van der Waals surface area (Å²) in [6, 6.07) is 7.01. The molecule has 1 atom stereocenters. The fourth-order valence-corrected chi connectivity index (χ4v) is 2.35. The first-order valence-electron chi connectivity index (χ1n) is 5.96. The highest BCUT2D eigenvalue weighted by Gasteiger charge is 2.32. The minimum Gasteiger partial charge on any atom is -0.497 e. The molecule has 1 saturated heterocycles. The average Bonchev–Trinajstić information content (AvgIpc) is 2.77. The van der Waals surface area contributed by atoms with E-state index in [4.69, 9.17) is 9.47 Å². The van der Waals surface area contributed by atoms with Gasteiger partial charge >= 0.3 is 6.09 Å². The highest BCUT2D eigenvalue weighted by molar-refractivity contribution is 7.88. The van der Waals surface area contributed by atoms with Crippen molar-refractivity contribution >= 4 is 21.8 Å². The molecule has 0 aromatic heterocycles. The smallest absolute Gasteiger partial charge is 0.414 e. The van der Waals surface area contributed by atoms with Gasteiger partial charge in [0.1, 0.15) is 11.9 Å². The second-order valence-electron chi connectivity index (χ2n) is 4.44. The molecule has 1 unspecified atom stereocenters. The fraction of sp³-hybridized carbons (Fsp3) is 0.417. The molecule has 1 amide bonds. The van der Waals surface area contributed by atoms with Crippen molar-refractivity contribution in [2.24, 2.45) is 0 Å². The Morgan fingerprint density at radius 1 is 1.50 bits per heavy atom. The topological polar surface area (TPSA) is 84.9 Å². The minimum absolute atomic E-state index is 0.0606. The van der Waals surface area contributed by atoms with Crippen molar-refractivity contribution in [3.05, 3.63) is 24.3 Å². The number of nitrogens with zero attached hydrogens (tertiary/aromatic N) is 1. The van der Waals surface area contributed by atoms with Crippen molar-refractivity contribution < 1.29 is 22.7 Å². The van der Waals surface area contributed by atoms with Crippen LogP contribution < -0.4 is 14.4 Å². The summed E-state index contributed by atoms with van der Waals surface area (Å²) in [7, 11) is -1.76. The first-order chi connectivity index (χ1) is 9.39. The molecule has 0 bridgehead atoms. The lowest BCUT2D eigenvalue weighted by molar-refractivity contribution is 0.143. The second-order valence-corrected chi connectivity index (χ2v) is 6.27. The van der Waals surface area contributed by atoms with Crippen LogP contribution in [0, 0.1) is 0 Å². The first-order valence-corrected chi connectivity index (χ1v) is 7.85. The number of hydrogen-bond donors (Lipinski definition) is 1. The molecule has 0 saturated carbocycles. The van der Waals surface area contributed by atoms with E-state index >= 15 is 0 Å². The number of benzene rings is 1. The van der Waals surface area contributed by atoms with E-state index in [0.717, 1.165) is 6.26 Å². The number of carbonyl (C=O) groups is 1. The molecule has 1 heterocycles. The Morgan fingerprint density at radius 2 is 2.25 bits per heavy atom. The molecule has 0 aliphatic carbocycles. The number of amides is 1. The number of methoxy groups -OCH3 is 1. The van der Waals surface area contributed by atoms with Gasteiger partial charge in [-0.05, 0) is 12.1 Å². The van der Waals surface area contributed by atoms with Crippen molar-refractivity contribution in [2.75, 3.05) is 31.4 Å². The van der Waals surface area contributed by atoms with Gasteiger partial charge in [0.25, 0.3) is 0 Å². The number of rotatable bonds is 5. The standard InChI is InChI=1S/C12H16N2O5S/c1-18-10-5-3-4-9(6-10)14-8-11(19-12(14)15)7-13-20(2,16)17/h3-6,11,13H,7-8H2,1-2H3. The maximum atomic E-state index is 11.8. The van der Waals surface area contributed by atoms with Crippen LogP contribution >= 0.6 is 0 Å². The summed E-state index contributed by atoms with van der Waals surface area (Å²) >= 11 is 0. The third-order valence-corrected chi connectivity index (χ3v) is 3.50. The Morgan fingerprint density at radius 3 is 2.90 bits per heavy atom. The van der Waals surface area contributed by atoms with Crippen molar-refractivity contribution in [3.63, 3.8) is 0 Å². The molecule has 20 heavy (non-hydrogen) atoms. The highest BCUT2D eigenvalue weighted by atomic mass is 32.2. The number of ether oxygens (including phenoxy) is 2. The monoisotopic (exact) mass is 300 g/mol. The van der Waals surface area contributed by atoms with Gasteiger partial charge in [-0.15, -0.1) is 0 Å².